The Kier molecular flexibility index (Phi) is 4.30. The smallest absolute Gasteiger partial charge is 0.199 e. The third-order valence-electron chi connectivity index (χ3n) is 4.82. The van der Waals surface area contributed by atoms with E-state index in [1.165, 1.54) is 0 Å². The summed E-state index contributed by atoms with van der Waals surface area (Å²) in [6, 6.07) is 22.9. The molecule has 0 bridgehead atoms. The molecular weight excluding hydrogens is 386 g/mol. The van der Waals surface area contributed by atoms with Crippen molar-refractivity contribution in [3.63, 3.8) is 0 Å². The van der Waals surface area contributed by atoms with Gasteiger partial charge in [0.15, 0.2) is 5.88 Å². The molecule has 1 aromatic heterocycles. The maximum absolute atomic E-state index is 10.6. The maximum atomic E-state index is 10.6. The number of rotatable bonds is 4. The van der Waals surface area contributed by atoms with Crippen molar-refractivity contribution in [1.82, 2.24) is 4.98 Å². The summed E-state index contributed by atoms with van der Waals surface area (Å²) in [7, 11) is 0. The highest BCUT2D eigenvalue weighted by molar-refractivity contribution is 6.58. The number of halogens is 1. The topological polar surface area (TPSA) is 70.0 Å². The number of hydrogen-bond acceptors (Lipinski definition) is 4. The Labute approximate surface area is 171 Å². The number of nitrogens with one attached hydrogen (secondary N) is 1. The lowest BCUT2D eigenvalue weighted by Crippen LogP contribution is -2.13. The van der Waals surface area contributed by atoms with Crippen molar-refractivity contribution in [2.75, 3.05) is 0 Å². The number of para-hydroxylation sites is 1. The van der Waals surface area contributed by atoms with Crippen LogP contribution in [0.1, 0.15) is 16.7 Å². The third kappa shape index (κ3) is 3.15. The molecule has 0 saturated heterocycles. The molecule has 2 heterocycles. The van der Waals surface area contributed by atoms with Gasteiger partial charge in [-0.3, -0.25) is 0 Å². The first-order valence-corrected chi connectivity index (χ1v) is 9.51. The van der Waals surface area contributed by atoms with Crippen LogP contribution in [0.2, 0.25) is 5.02 Å². The Balaban J connectivity index is 1.58. The second-order valence-electron chi connectivity index (χ2n) is 6.72. The molecule has 142 valence electrons. The van der Waals surface area contributed by atoms with E-state index in [4.69, 9.17) is 21.4 Å². The van der Waals surface area contributed by atoms with E-state index in [0.717, 1.165) is 27.7 Å². The molecule has 2 N–H and O–H groups in total. The Morgan fingerprint density at radius 3 is 2.66 bits per heavy atom. The largest absolute Gasteiger partial charge is 0.494 e. The Morgan fingerprint density at radius 2 is 1.79 bits per heavy atom. The van der Waals surface area contributed by atoms with Crippen LogP contribution in [-0.4, -0.2) is 21.5 Å². The van der Waals surface area contributed by atoms with Gasteiger partial charge in [0, 0.05) is 16.0 Å². The van der Waals surface area contributed by atoms with Gasteiger partial charge in [0.2, 0.25) is 0 Å². The number of oxime groups is 1. The van der Waals surface area contributed by atoms with Gasteiger partial charge in [0.05, 0.1) is 16.8 Å². The number of aromatic nitrogens is 1. The normalized spacial score (nSPS) is 14.2. The monoisotopic (exact) mass is 401 g/mol. The van der Waals surface area contributed by atoms with E-state index in [-0.39, 0.29) is 5.88 Å². The highest BCUT2D eigenvalue weighted by atomic mass is 35.5. The summed E-state index contributed by atoms with van der Waals surface area (Å²) in [5.74, 6) is 0.0181. The van der Waals surface area contributed by atoms with Gasteiger partial charge in [-0.05, 0) is 23.8 Å². The fourth-order valence-electron chi connectivity index (χ4n) is 3.48. The molecule has 0 spiro atoms. The van der Waals surface area contributed by atoms with Crippen LogP contribution in [0.4, 0.5) is 5.69 Å². The van der Waals surface area contributed by atoms with Crippen LogP contribution in [-0.2, 0) is 11.4 Å². The summed E-state index contributed by atoms with van der Waals surface area (Å²) in [6.45, 7) is 0.343. The van der Waals surface area contributed by atoms with Gasteiger partial charge < -0.3 is 14.9 Å². The summed E-state index contributed by atoms with van der Waals surface area (Å²) >= 11 is 6.09. The number of H-pyrrole nitrogens is 1. The maximum Gasteiger partial charge on any atom is 0.199 e. The zero-order chi connectivity index (χ0) is 19.8. The summed E-state index contributed by atoms with van der Waals surface area (Å²) < 4.78 is 0. The van der Waals surface area contributed by atoms with Gasteiger partial charge in [0.25, 0.3) is 0 Å². The van der Waals surface area contributed by atoms with E-state index in [1.54, 1.807) is 12.1 Å². The number of aromatic hydroxyl groups is 1. The van der Waals surface area contributed by atoms with E-state index >= 15 is 0 Å². The third-order valence-corrected chi connectivity index (χ3v) is 5.06. The first-order chi connectivity index (χ1) is 14.2. The second kappa shape index (κ2) is 7.11. The molecule has 1 aliphatic rings. The van der Waals surface area contributed by atoms with Crippen LogP contribution >= 0.6 is 11.6 Å². The number of fused-ring (bicyclic) bond motifs is 2. The molecule has 5 rings (SSSR count). The van der Waals surface area contributed by atoms with Crippen molar-refractivity contribution in [2.24, 2.45) is 10.1 Å². The lowest BCUT2D eigenvalue weighted by Gasteiger charge is -2.05. The second-order valence-corrected chi connectivity index (χ2v) is 7.15. The Bertz CT molecular complexity index is 1280. The SMILES string of the molecule is Oc1[nH]c2cc(Cl)ccc2c1C1=Nc2ccccc2/C1=N\OCc1ccccc1. The number of hydrogen-bond donors (Lipinski definition) is 2. The summed E-state index contributed by atoms with van der Waals surface area (Å²) in [6.07, 6.45) is 0. The predicted octanol–water partition coefficient (Wildman–Crippen LogP) is 5.58. The van der Waals surface area contributed by atoms with Crippen molar-refractivity contribution in [3.05, 3.63) is 94.5 Å². The van der Waals surface area contributed by atoms with Crippen LogP contribution in [0.5, 0.6) is 5.88 Å². The first kappa shape index (κ1) is 17.5. The Morgan fingerprint density at radius 1 is 1.00 bits per heavy atom. The standard InChI is InChI=1S/C23H16ClN3O2/c24-15-10-11-16-19(12-15)26-23(28)20(16)22-21(17-8-4-5-9-18(17)25-22)27-29-13-14-6-2-1-3-7-14/h1-12,26,28H,13H2/b27-21+. The Hall–Kier alpha value is -3.57. The van der Waals surface area contributed by atoms with E-state index < -0.39 is 0 Å². The highest BCUT2D eigenvalue weighted by Crippen LogP contribution is 2.36. The van der Waals surface area contributed by atoms with Crippen molar-refractivity contribution in [2.45, 2.75) is 6.61 Å². The minimum absolute atomic E-state index is 0.0181. The molecule has 29 heavy (non-hydrogen) atoms. The molecule has 0 radical (unpaired) electrons. The number of aromatic amines is 1. The van der Waals surface area contributed by atoms with E-state index in [0.29, 0.717) is 28.6 Å². The molecule has 6 heteroatoms. The number of benzene rings is 3. The summed E-state index contributed by atoms with van der Waals surface area (Å²) in [4.78, 5) is 13.3. The molecule has 0 saturated carbocycles. The van der Waals surface area contributed by atoms with E-state index in [2.05, 4.69) is 10.1 Å². The van der Waals surface area contributed by atoms with Gasteiger partial charge >= 0.3 is 0 Å². The molecule has 4 aromatic rings. The lowest BCUT2D eigenvalue weighted by molar-refractivity contribution is 0.131. The molecule has 0 aliphatic carbocycles. The number of aliphatic imine (C=N–C) groups is 1. The zero-order valence-electron chi connectivity index (χ0n) is 15.3. The van der Waals surface area contributed by atoms with Crippen LogP contribution in [0.25, 0.3) is 10.9 Å². The van der Waals surface area contributed by atoms with Crippen LogP contribution in [0.3, 0.4) is 0 Å². The number of nitrogens with zero attached hydrogens (tertiary/aromatic N) is 2. The molecule has 0 unspecified atom stereocenters. The molecule has 1 aliphatic heterocycles. The van der Waals surface area contributed by atoms with Gasteiger partial charge in [-0.25, -0.2) is 4.99 Å². The van der Waals surface area contributed by atoms with Gasteiger partial charge in [0.1, 0.15) is 18.0 Å². The van der Waals surface area contributed by atoms with Crippen LogP contribution in [0, 0.1) is 0 Å². The minimum atomic E-state index is 0.0181. The van der Waals surface area contributed by atoms with Crippen molar-refractivity contribution < 1.29 is 9.94 Å². The van der Waals surface area contributed by atoms with Crippen LogP contribution < -0.4 is 0 Å². The van der Waals surface area contributed by atoms with E-state index in [9.17, 15) is 5.11 Å². The van der Waals surface area contributed by atoms with Gasteiger partial charge in [-0.15, -0.1) is 0 Å². The molecule has 0 fully saturated rings. The highest BCUT2D eigenvalue weighted by Gasteiger charge is 2.29. The lowest BCUT2D eigenvalue weighted by atomic mass is 10.0. The fourth-order valence-corrected chi connectivity index (χ4v) is 3.65. The van der Waals surface area contributed by atoms with Crippen LogP contribution in [0.15, 0.2) is 82.9 Å². The van der Waals surface area contributed by atoms with E-state index in [1.807, 2.05) is 60.7 Å². The molecule has 5 nitrogen and oxygen atoms in total. The first-order valence-electron chi connectivity index (χ1n) is 9.13. The predicted molar refractivity (Wildman–Crippen MR) is 115 cm³/mol. The molecule has 3 aromatic carbocycles. The minimum Gasteiger partial charge on any atom is -0.494 e. The summed E-state index contributed by atoms with van der Waals surface area (Å²) in [5.41, 5.74) is 5.12. The molecular formula is C23H16ClN3O2. The van der Waals surface area contributed by atoms with Gasteiger partial charge in [-0.1, -0.05) is 71.4 Å². The van der Waals surface area contributed by atoms with Gasteiger partial charge in [-0.2, -0.15) is 0 Å². The fraction of sp³-hybridized carbons (Fsp3) is 0.0435. The summed E-state index contributed by atoms with van der Waals surface area (Å²) in [5, 5.41) is 16.4. The van der Waals surface area contributed by atoms with Crippen molar-refractivity contribution in [3.8, 4) is 5.88 Å². The van der Waals surface area contributed by atoms with Crippen molar-refractivity contribution in [1.29, 1.82) is 0 Å². The average Bonchev–Trinajstić information content (AvgIpc) is 3.25. The molecule has 0 atom stereocenters. The zero-order valence-corrected chi connectivity index (χ0v) is 16.0. The van der Waals surface area contributed by atoms with Crippen molar-refractivity contribution >= 4 is 39.6 Å². The average molecular weight is 402 g/mol. The quantitative estimate of drug-likeness (QED) is 0.438. The molecule has 0 amide bonds.